The lowest BCUT2D eigenvalue weighted by molar-refractivity contribution is 0.0950. The highest BCUT2D eigenvalue weighted by molar-refractivity contribution is 5.98. The fourth-order valence-corrected chi connectivity index (χ4v) is 1.66. The summed E-state index contributed by atoms with van der Waals surface area (Å²) in [6, 6.07) is 1.95. The average Bonchev–Trinajstić information content (AvgIpc) is 2.21. The molecule has 1 rings (SSSR count). The van der Waals surface area contributed by atoms with Gasteiger partial charge >= 0.3 is 0 Å². The standard InChI is InChI=1S/C11H16N2O2/c1-6-5-7(2)9(11(14)13-12)10(15-4)8(6)3/h5H,12H2,1-4H3,(H,13,14). The van der Waals surface area contributed by atoms with Gasteiger partial charge in [0, 0.05) is 0 Å². The summed E-state index contributed by atoms with van der Waals surface area (Å²) in [4.78, 5) is 11.6. The molecule has 0 bridgehead atoms. The first-order valence-corrected chi connectivity index (χ1v) is 4.68. The number of nitrogens with two attached hydrogens (primary N) is 1. The molecule has 0 spiro atoms. The maximum atomic E-state index is 11.6. The van der Waals surface area contributed by atoms with E-state index in [-0.39, 0.29) is 5.91 Å². The number of aryl methyl sites for hydroxylation is 2. The van der Waals surface area contributed by atoms with Crippen LogP contribution in [0.15, 0.2) is 6.07 Å². The van der Waals surface area contributed by atoms with Crippen LogP contribution in [0.5, 0.6) is 5.75 Å². The second kappa shape index (κ2) is 4.31. The molecule has 4 nitrogen and oxygen atoms in total. The van der Waals surface area contributed by atoms with Gasteiger partial charge in [-0.3, -0.25) is 10.2 Å². The van der Waals surface area contributed by atoms with Crippen LogP contribution in [0.3, 0.4) is 0 Å². The Balaban J connectivity index is 3.49. The van der Waals surface area contributed by atoms with E-state index in [0.717, 1.165) is 16.7 Å². The fraction of sp³-hybridized carbons (Fsp3) is 0.364. The van der Waals surface area contributed by atoms with Gasteiger partial charge in [-0.2, -0.15) is 0 Å². The van der Waals surface area contributed by atoms with Gasteiger partial charge in [-0.05, 0) is 37.5 Å². The summed E-state index contributed by atoms with van der Waals surface area (Å²) in [5, 5.41) is 0. The van der Waals surface area contributed by atoms with Crippen molar-refractivity contribution in [3.8, 4) is 5.75 Å². The Labute approximate surface area is 89.4 Å². The van der Waals surface area contributed by atoms with E-state index < -0.39 is 0 Å². The highest BCUT2D eigenvalue weighted by atomic mass is 16.5. The Kier molecular flexibility index (Phi) is 3.31. The van der Waals surface area contributed by atoms with Crippen molar-refractivity contribution in [3.05, 3.63) is 28.3 Å². The average molecular weight is 208 g/mol. The molecule has 1 aromatic rings. The number of hydrogen-bond acceptors (Lipinski definition) is 3. The third-order valence-electron chi connectivity index (χ3n) is 2.55. The lowest BCUT2D eigenvalue weighted by Gasteiger charge is -2.15. The molecule has 0 unspecified atom stereocenters. The molecule has 1 aromatic carbocycles. The quantitative estimate of drug-likeness (QED) is 0.436. The number of carbonyl (C=O) groups excluding carboxylic acids is 1. The minimum absolute atomic E-state index is 0.326. The Bertz CT molecular complexity index is 400. The monoisotopic (exact) mass is 208 g/mol. The van der Waals surface area contributed by atoms with Gasteiger partial charge in [0.05, 0.1) is 12.7 Å². The zero-order valence-electron chi connectivity index (χ0n) is 9.47. The normalized spacial score (nSPS) is 9.93. The van der Waals surface area contributed by atoms with Gasteiger partial charge in [0.1, 0.15) is 5.75 Å². The third kappa shape index (κ3) is 1.94. The number of rotatable bonds is 2. The first kappa shape index (κ1) is 11.5. The maximum Gasteiger partial charge on any atom is 0.269 e. The summed E-state index contributed by atoms with van der Waals surface area (Å²) < 4.78 is 5.24. The minimum atomic E-state index is -0.326. The number of methoxy groups -OCH3 is 1. The van der Waals surface area contributed by atoms with E-state index in [0.29, 0.717) is 11.3 Å². The van der Waals surface area contributed by atoms with E-state index in [1.54, 1.807) is 7.11 Å². The first-order valence-electron chi connectivity index (χ1n) is 4.68. The molecule has 15 heavy (non-hydrogen) atoms. The van der Waals surface area contributed by atoms with E-state index in [9.17, 15) is 4.79 Å². The SMILES string of the molecule is COc1c(C)c(C)cc(C)c1C(=O)NN. The maximum absolute atomic E-state index is 11.6. The van der Waals surface area contributed by atoms with Crippen molar-refractivity contribution in [1.82, 2.24) is 5.43 Å². The molecule has 0 aliphatic heterocycles. The third-order valence-corrected chi connectivity index (χ3v) is 2.55. The van der Waals surface area contributed by atoms with Crippen LogP contribution < -0.4 is 16.0 Å². The number of hydrazine groups is 1. The Morgan fingerprint density at radius 1 is 1.33 bits per heavy atom. The molecule has 0 aromatic heterocycles. The van der Waals surface area contributed by atoms with Crippen molar-refractivity contribution in [2.45, 2.75) is 20.8 Å². The van der Waals surface area contributed by atoms with Crippen LogP contribution in [0, 0.1) is 20.8 Å². The molecular weight excluding hydrogens is 192 g/mol. The second-order valence-corrected chi connectivity index (χ2v) is 3.52. The van der Waals surface area contributed by atoms with E-state index in [4.69, 9.17) is 10.6 Å². The van der Waals surface area contributed by atoms with E-state index in [2.05, 4.69) is 5.43 Å². The van der Waals surface area contributed by atoms with Gasteiger partial charge in [0.2, 0.25) is 0 Å². The van der Waals surface area contributed by atoms with Crippen LogP contribution in [-0.2, 0) is 0 Å². The first-order chi connectivity index (χ1) is 7.02. The van der Waals surface area contributed by atoms with Gasteiger partial charge < -0.3 is 4.74 Å². The number of benzene rings is 1. The number of amides is 1. The smallest absolute Gasteiger partial charge is 0.269 e. The van der Waals surface area contributed by atoms with Gasteiger partial charge in [-0.25, -0.2) is 5.84 Å². The van der Waals surface area contributed by atoms with Gasteiger partial charge in [-0.15, -0.1) is 0 Å². The topological polar surface area (TPSA) is 64.3 Å². The molecule has 0 saturated heterocycles. The summed E-state index contributed by atoms with van der Waals surface area (Å²) >= 11 is 0. The molecule has 0 heterocycles. The highest BCUT2D eigenvalue weighted by Crippen LogP contribution is 2.29. The number of ether oxygens (including phenoxy) is 1. The number of nitrogen functional groups attached to an aromatic ring is 1. The van der Waals surface area contributed by atoms with Crippen molar-refractivity contribution < 1.29 is 9.53 Å². The van der Waals surface area contributed by atoms with Crippen LogP contribution in [0.25, 0.3) is 0 Å². The van der Waals surface area contributed by atoms with E-state index in [1.165, 1.54) is 0 Å². The molecule has 0 atom stereocenters. The van der Waals surface area contributed by atoms with Crippen LogP contribution in [0.1, 0.15) is 27.0 Å². The van der Waals surface area contributed by atoms with E-state index >= 15 is 0 Å². The Hall–Kier alpha value is -1.55. The molecular formula is C11H16N2O2. The molecule has 0 radical (unpaired) electrons. The zero-order chi connectivity index (χ0) is 11.6. The Morgan fingerprint density at radius 2 is 1.93 bits per heavy atom. The van der Waals surface area contributed by atoms with Crippen LogP contribution in [0.2, 0.25) is 0 Å². The fourth-order valence-electron chi connectivity index (χ4n) is 1.66. The van der Waals surface area contributed by atoms with Crippen molar-refractivity contribution >= 4 is 5.91 Å². The largest absolute Gasteiger partial charge is 0.496 e. The zero-order valence-corrected chi connectivity index (χ0v) is 9.47. The predicted molar refractivity (Wildman–Crippen MR) is 58.9 cm³/mol. The lowest BCUT2D eigenvalue weighted by Crippen LogP contribution is -2.31. The number of nitrogens with one attached hydrogen (secondary N) is 1. The molecule has 1 amide bonds. The number of hydrogen-bond donors (Lipinski definition) is 2. The van der Waals surface area contributed by atoms with E-state index in [1.807, 2.05) is 26.8 Å². The second-order valence-electron chi connectivity index (χ2n) is 3.52. The summed E-state index contributed by atoms with van der Waals surface area (Å²) in [6.07, 6.45) is 0. The summed E-state index contributed by atoms with van der Waals surface area (Å²) in [6.45, 7) is 5.76. The predicted octanol–water partition coefficient (Wildman–Crippen LogP) is 1.22. The molecule has 0 saturated carbocycles. The summed E-state index contributed by atoms with van der Waals surface area (Å²) in [7, 11) is 1.55. The molecule has 82 valence electrons. The van der Waals surface area contributed by atoms with Crippen molar-refractivity contribution in [3.63, 3.8) is 0 Å². The van der Waals surface area contributed by atoms with Gasteiger partial charge in [0.25, 0.3) is 5.91 Å². The molecule has 0 aliphatic rings. The molecule has 4 heteroatoms. The lowest BCUT2D eigenvalue weighted by atomic mass is 9.98. The minimum Gasteiger partial charge on any atom is -0.496 e. The van der Waals surface area contributed by atoms with Crippen molar-refractivity contribution in [1.29, 1.82) is 0 Å². The summed E-state index contributed by atoms with van der Waals surface area (Å²) in [5.74, 6) is 5.40. The molecule has 0 fully saturated rings. The van der Waals surface area contributed by atoms with Crippen molar-refractivity contribution in [2.75, 3.05) is 7.11 Å². The number of carbonyl (C=O) groups is 1. The Morgan fingerprint density at radius 3 is 2.40 bits per heavy atom. The highest BCUT2D eigenvalue weighted by Gasteiger charge is 2.17. The molecule has 0 aliphatic carbocycles. The van der Waals surface area contributed by atoms with Crippen LogP contribution in [-0.4, -0.2) is 13.0 Å². The summed E-state index contributed by atoms with van der Waals surface area (Å²) in [5.41, 5.74) is 5.54. The van der Waals surface area contributed by atoms with Crippen LogP contribution >= 0.6 is 0 Å². The van der Waals surface area contributed by atoms with Gasteiger partial charge in [-0.1, -0.05) is 6.07 Å². The van der Waals surface area contributed by atoms with Gasteiger partial charge in [0.15, 0.2) is 0 Å². The molecule has 3 N–H and O–H groups in total. The van der Waals surface area contributed by atoms with Crippen LogP contribution in [0.4, 0.5) is 0 Å². The van der Waals surface area contributed by atoms with Crippen molar-refractivity contribution in [2.24, 2.45) is 5.84 Å².